The van der Waals surface area contributed by atoms with Gasteiger partial charge >= 0.3 is 0 Å². The maximum atomic E-state index is 12.5. The van der Waals surface area contributed by atoms with E-state index in [9.17, 15) is 4.79 Å². The Morgan fingerprint density at radius 3 is 2.83 bits per heavy atom. The predicted molar refractivity (Wildman–Crippen MR) is 73.4 cm³/mol. The number of aromatic nitrogens is 1. The van der Waals surface area contributed by atoms with Crippen LogP contribution in [0.25, 0.3) is 0 Å². The first-order chi connectivity index (χ1) is 8.56. The minimum Gasteiger partial charge on any atom is -0.347 e. The molecule has 2 unspecified atom stereocenters. The van der Waals surface area contributed by atoms with Crippen LogP contribution in [-0.4, -0.2) is 24.0 Å². The summed E-state index contributed by atoms with van der Waals surface area (Å²) in [7, 11) is 0. The Labute approximate surface area is 112 Å². The molecule has 5 heteroatoms. The second-order valence-corrected chi connectivity index (χ2v) is 6.23. The van der Waals surface area contributed by atoms with Gasteiger partial charge in [-0.05, 0) is 25.8 Å². The number of rotatable bonds is 4. The maximum Gasteiger partial charge on any atom is 0.228 e. The van der Waals surface area contributed by atoms with Crippen LogP contribution < -0.4 is 10.6 Å². The van der Waals surface area contributed by atoms with Gasteiger partial charge < -0.3 is 10.6 Å². The Bertz CT molecular complexity index is 396. The Kier molecular flexibility index (Phi) is 4.02. The molecule has 0 spiro atoms. The van der Waals surface area contributed by atoms with E-state index in [-0.39, 0.29) is 17.4 Å². The molecule has 1 amide bonds. The predicted octanol–water partition coefficient (Wildman–Crippen LogP) is 1.96. The van der Waals surface area contributed by atoms with E-state index in [1.165, 1.54) is 0 Å². The molecule has 0 radical (unpaired) electrons. The molecule has 1 fully saturated rings. The zero-order chi connectivity index (χ0) is 13.2. The highest BCUT2D eigenvalue weighted by atomic mass is 32.1. The highest BCUT2D eigenvalue weighted by Crippen LogP contribution is 2.35. The molecule has 100 valence electrons. The van der Waals surface area contributed by atoms with Crippen LogP contribution in [0.2, 0.25) is 0 Å². The summed E-state index contributed by atoms with van der Waals surface area (Å²) in [6.45, 7) is 7.95. The Morgan fingerprint density at radius 1 is 1.56 bits per heavy atom. The first-order valence-corrected chi connectivity index (χ1v) is 7.35. The highest BCUT2D eigenvalue weighted by Gasteiger charge is 2.44. The Hall–Kier alpha value is -0.940. The molecule has 0 bridgehead atoms. The molecule has 0 saturated carbocycles. The van der Waals surface area contributed by atoms with Crippen LogP contribution in [0.5, 0.6) is 0 Å². The topological polar surface area (TPSA) is 54.0 Å². The fourth-order valence-electron chi connectivity index (χ4n) is 2.51. The van der Waals surface area contributed by atoms with Crippen molar-refractivity contribution in [2.75, 3.05) is 13.1 Å². The van der Waals surface area contributed by atoms with Gasteiger partial charge in [-0.25, -0.2) is 4.98 Å². The van der Waals surface area contributed by atoms with Crippen molar-refractivity contribution in [2.24, 2.45) is 11.3 Å². The summed E-state index contributed by atoms with van der Waals surface area (Å²) in [6, 6.07) is -0.00581. The molecule has 1 saturated heterocycles. The smallest absolute Gasteiger partial charge is 0.228 e. The minimum absolute atomic E-state index is 0.00581. The number of thiazole rings is 1. The van der Waals surface area contributed by atoms with Crippen LogP contribution in [0.1, 0.15) is 38.2 Å². The van der Waals surface area contributed by atoms with E-state index in [0.717, 1.165) is 24.5 Å². The van der Waals surface area contributed by atoms with E-state index in [4.69, 9.17) is 0 Å². The van der Waals surface area contributed by atoms with E-state index in [0.29, 0.717) is 5.92 Å². The van der Waals surface area contributed by atoms with Crippen molar-refractivity contribution in [1.82, 2.24) is 15.6 Å². The average molecular weight is 267 g/mol. The Balaban J connectivity index is 2.06. The molecule has 2 N–H and O–H groups in total. The number of nitrogens with one attached hydrogen (secondary N) is 2. The fraction of sp³-hybridized carbons (Fsp3) is 0.692. The van der Waals surface area contributed by atoms with E-state index >= 15 is 0 Å². The summed E-state index contributed by atoms with van der Waals surface area (Å²) in [5.41, 5.74) is -0.258. The Morgan fingerprint density at radius 2 is 2.33 bits per heavy atom. The zero-order valence-electron chi connectivity index (χ0n) is 11.2. The second-order valence-electron chi connectivity index (χ2n) is 5.30. The fourth-order valence-corrected chi connectivity index (χ4v) is 3.16. The van der Waals surface area contributed by atoms with E-state index in [1.807, 2.05) is 12.3 Å². The lowest BCUT2D eigenvalue weighted by Crippen LogP contribution is -2.46. The summed E-state index contributed by atoms with van der Waals surface area (Å²) in [6.07, 6.45) is 2.69. The molecule has 2 atom stereocenters. The molecule has 2 rings (SSSR count). The third-order valence-electron chi connectivity index (χ3n) is 3.92. The lowest BCUT2D eigenvalue weighted by Gasteiger charge is -2.32. The van der Waals surface area contributed by atoms with Crippen LogP contribution in [0.3, 0.4) is 0 Å². The van der Waals surface area contributed by atoms with Gasteiger partial charge in [0.25, 0.3) is 0 Å². The molecule has 0 aliphatic carbocycles. The van der Waals surface area contributed by atoms with Gasteiger partial charge in [0, 0.05) is 18.1 Å². The van der Waals surface area contributed by atoms with Gasteiger partial charge in [-0.15, -0.1) is 11.3 Å². The van der Waals surface area contributed by atoms with E-state index in [2.05, 4.69) is 29.5 Å². The van der Waals surface area contributed by atoms with Gasteiger partial charge in [0.05, 0.1) is 11.5 Å². The molecule has 1 aromatic heterocycles. The number of amides is 1. The van der Waals surface area contributed by atoms with Gasteiger partial charge in [-0.3, -0.25) is 4.79 Å². The molecule has 1 aliphatic heterocycles. The van der Waals surface area contributed by atoms with Crippen molar-refractivity contribution in [1.29, 1.82) is 0 Å². The number of hydrogen-bond donors (Lipinski definition) is 2. The van der Waals surface area contributed by atoms with Gasteiger partial charge in [-0.1, -0.05) is 13.8 Å². The molecule has 0 aromatic carbocycles. The lowest BCUT2D eigenvalue weighted by atomic mass is 9.75. The van der Waals surface area contributed by atoms with Crippen LogP contribution in [0.4, 0.5) is 0 Å². The van der Waals surface area contributed by atoms with Crippen molar-refractivity contribution < 1.29 is 4.79 Å². The maximum absolute atomic E-state index is 12.5. The number of carbonyl (C=O) groups excluding carboxylic acids is 1. The number of hydrogen-bond acceptors (Lipinski definition) is 4. The third-order valence-corrected chi connectivity index (χ3v) is 4.87. The van der Waals surface area contributed by atoms with Gasteiger partial charge in [0.2, 0.25) is 5.91 Å². The van der Waals surface area contributed by atoms with Crippen molar-refractivity contribution in [3.05, 3.63) is 16.6 Å². The summed E-state index contributed by atoms with van der Waals surface area (Å²) in [4.78, 5) is 16.8. The monoisotopic (exact) mass is 267 g/mol. The van der Waals surface area contributed by atoms with Crippen LogP contribution >= 0.6 is 11.3 Å². The molecule has 4 nitrogen and oxygen atoms in total. The standard InChI is InChI=1S/C13H21N3OS/c1-9(2)13(4-5-14-8-13)12(17)16-10(3)11-15-6-7-18-11/h6-7,9-10,14H,4-5,8H2,1-3H3,(H,16,17). The minimum atomic E-state index is -0.258. The van der Waals surface area contributed by atoms with Gasteiger partial charge in [0.15, 0.2) is 0 Å². The molecular weight excluding hydrogens is 246 g/mol. The molecule has 1 aliphatic rings. The first-order valence-electron chi connectivity index (χ1n) is 6.47. The largest absolute Gasteiger partial charge is 0.347 e. The van der Waals surface area contributed by atoms with Crippen LogP contribution in [0.15, 0.2) is 11.6 Å². The van der Waals surface area contributed by atoms with E-state index in [1.54, 1.807) is 17.5 Å². The van der Waals surface area contributed by atoms with Crippen LogP contribution in [0, 0.1) is 11.3 Å². The zero-order valence-corrected chi connectivity index (χ0v) is 12.0. The summed E-state index contributed by atoms with van der Waals surface area (Å²) in [5.74, 6) is 0.501. The number of nitrogens with zero attached hydrogens (tertiary/aromatic N) is 1. The third kappa shape index (κ3) is 2.42. The molecule has 1 aromatic rings. The van der Waals surface area contributed by atoms with Crippen molar-refractivity contribution in [3.8, 4) is 0 Å². The summed E-state index contributed by atoms with van der Waals surface area (Å²) in [5, 5.41) is 9.33. The van der Waals surface area contributed by atoms with Crippen molar-refractivity contribution in [3.63, 3.8) is 0 Å². The quantitative estimate of drug-likeness (QED) is 0.877. The lowest BCUT2D eigenvalue weighted by molar-refractivity contribution is -0.133. The average Bonchev–Trinajstić information content (AvgIpc) is 3.01. The van der Waals surface area contributed by atoms with Crippen molar-refractivity contribution >= 4 is 17.2 Å². The van der Waals surface area contributed by atoms with Crippen molar-refractivity contribution in [2.45, 2.75) is 33.2 Å². The summed E-state index contributed by atoms with van der Waals surface area (Å²) >= 11 is 1.58. The van der Waals surface area contributed by atoms with Crippen LogP contribution in [-0.2, 0) is 4.79 Å². The SMILES string of the molecule is CC(NC(=O)C1(C(C)C)CCNC1)c1nccs1. The van der Waals surface area contributed by atoms with Gasteiger partial charge in [0.1, 0.15) is 5.01 Å². The van der Waals surface area contributed by atoms with E-state index < -0.39 is 0 Å². The highest BCUT2D eigenvalue weighted by molar-refractivity contribution is 7.09. The van der Waals surface area contributed by atoms with Gasteiger partial charge in [-0.2, -0.15) is 0 Å². The molecule has 2 heterocycles. The second kappa shape index (κ2) is 5.36. The normalized spacial score (nSPS) is 25.3. The molecular formula is C13H21N3OS. The molecule has 18 heavy (non-hydrogen) atoms. The number of carbonyl (C=O) groups is 1. The summed E-state index contributed by atoms with van der Waals surface area (Å²) < 4.78 is 0. The first kappa shape index (κ1) is 13.5.